The highest BCUT2D eigenvalue weighted by atomic mass is 16.6. The van der Waals surface area contributed by atoms with Crippen molar-refractivity contribution in [1.82, 2.24) is 5.32 Å². The van der Waals surface area contributed by atoms with Crippen LogP contribution in [0.5, 0.6) is 5.75 Å². The van der Waals surface area contributed by atoms with E-state index in [0.717, 1.165) is 11.3 Å². The van der Waals surface area contributed by atoms with E-state index in [4.69, 9.17) is 4.74 Å². The molecule has 7 heteroatoms. The monoisotopic (exact) mass is 371 g/mol. The van der Waals surface area contributed by atoms with Crippen LogP contribution in [0.15, 0.2) is 42.5 Å². The fourth-order valence-corrected chi connectivity index (χ4v) is 2.61. The maximum absolute atomic E-state index is 12.1. The predicted molar refractivity (Wildman–Crippen MR) is 106 cm³/mol. The van der Waals surface area contributed by atoms with Gasteiger partial charge in [-0.25, -0.2) is 0 Å². The summed E-state index contributed by atoms with van der Waals surface area (Å²) in [5.41, 5.74) is 1.70. The summed E-state index contributed by atoms with van der Waals surface area (Å²) < 4.78 is 5.71. The van der Waals surface area contributed by atoms with Gasteiger partial charge in [0.25, 0.3) is 11.6 Å². The van der Waals surface area contributed by atoms with Gasteiger partial charge in [0.1, 0.15) is 18.0 Å². The Kier molecular flexibility index (Phi) is 6.76. The van der Waals surface area contributed by atoms with Crippen molar-refractivity contribution < 1.29 is 14.5 Å². The van der Waals surface area contributed by atoms with Crippen molar-refractivity contribution >= 4 is 17.3 Å². The first-order valence-electron chi connectivity index (χ1n) is 8.78. The van der Waals surface area contributed by atoms with Gasteiger partial charge in [-0.05, 0) is 50.6 Å². The van der Waals surface area contributed by atoms with Crippen LogP contribution < -0.4 is 15.0 Å². The van der Waals surface area contributed by atoms with Crippen LogP contribution in [0.2, 0.25) is 0 Å². The SMILES string of the molecule is Cc1cccc(OCCN(C)c2ccc(C(=O)NC(C)C)cc2[N+](=O)[O-])c1. The number of nitrogens with one attached hydrogen (secondary N) is 1. The zero-order valence-electron chi connectivity index (χ0n) is 16.1. The zero-order chi connectivity index (χ0) is 20.0. The highest BCUT2D eigenvalue weighted by molar-refractivity contribution is 5.95. The van der Waals surface area contributed by atoms with E-state index in [2.05, 4.69) is 5.32 Å². The maximum atomic E-state index is 12.1. The van der Waals surface area contributed by atoms with Crippen LogP contribution in [0.25, 0.3) is 0 Å². The first kappa shape index (κ1) is 20.2. The minimum Gasteiger partial charge on any atom is -0.492 e. The molecule has 0 aliphatic carbocycles. The van der Waals surface area contributed by atoms with Crippen LogP contribution in [0.3, 0.4) is 0 Å². The van der Waals surface area contributed by atoms with Crippen LogP contribution >= 0.6 is 0 Å². The first-order valence-corrected chi connectivity index (χ1v) is 8.78. The van der Waals surface area contributed by atoms with Gasteiger partial charge in [-0.3, -0.25) is 14.9 Å². The predicted octanol–water partition coefficient (Wildman–Crippen LogP) is 3.56. The van der Waals surface area contributed by atoms with E-state index >= 15 is 0 Å². The van der Waals surface area contributed by atoms with E-state index < -0.39 is 4.92 Å². The molecule has 2 rings (SSSR count). The number of likely N-dealkylation sites (N-methyl/N-ethyl adjacent to an activating group) is 1. The summed E-state index contributed by atoms with van der Waals surface area (Å²) in [6.07, 6.45) is 0. The highest BCUT2D eigenvalue weighted by Crippen LogP contribution is 2.28. The second kappa shape index (κ2) is 9.02. The Labute approximate surface area is 159 Å². The molecule has 1 N–H and O–H groups in total. The molecule has 1 amide bonds. The standard InChI is InChI=1S/C20H25N3O4/c1-14(2)21-20(24)16-8-9-18(19(13-16)23(25)26)22(4)10-11-27-17-7-5-6-15(3)12-17/h5-9,12-14H,10-11H2,1-4H3,(H,21,24). The number of carbonyl (C=O) groups is 1. The highest BCUT2D eigenvalue weighted by Gasteiger charge is 2.20. The van der Waals surface area contributed by atoms with Gasteiger partial charge in [0.15, 0.2) is 0 Å². The lowest BCUT2D eigenvalue weighted by atomic mass is 10.1. The summed E-state index contributed by atoms with van der Waals surface area (Å²) >= 11 is 0. The molecule has 0 atom stereocenters. The summed E-state index contributed by atoms with van der Waals surface area (Å²) in [6.45, 7) is 6.50. The lowest BCUT2D eigenvalue weighted by molar-refractivity contribution is -0.384. The van der Waals surface area contributed by atoms with Crippen molar-refractivity contribution in [2.75, 3.05) is 25.1 Å². The van der Waals surface area contributed by atoms with Crippen LogP contribution in [0.1, 0.15) is 29.8 Å². The summed E-state index contributed by atoms with van der Waals surface area (Å²) in [7, 11) is 1.76. The Morgan fingerprint density at radius 1 is 1.26 bits per heavy atom. The number of rotatable bonds is 8. The number of nitrogens with zero attached hydrogens (tertiary/aromatic N) is 2. The number of hydrogen-bond donors (Lipinski definition) is 1. The van der Waals surface area contributed by atoms with E-state index in [1.165, 1.54) is 6.07 Å². The Morgan fingerprint density at radius 3 is 2.63 bits per heavy atom. The van der Waals surface area contributed by atoms with Gasteiger partial charge in [0.05, 0.1) is 11.5 Å². The normalized spacial score (nSPS) is 10.6. The van der Waals surface area contributed by atoms with Gasteiger partial charge in [0, 0.05) is 24.7 Å². The third-order valence-electron chi connectivity index (χ3n) is 3.95. The lowest BCUT2D eigenvalue weighted by Gasteiger charge is -2.20. The second-order valence-corrected chi connectivity index (χ2v) is 6.68. The van der Waals surface area contributed by atoms with E-state index in [1.54, 1.807) is 24.1 Å². The molecule has 0 heterocycles. The third kappa shape index (κ3) is 5.70. The number of hydrogen-bond acceptors (Lipinski definition) is 5. The minimum atomic E-state index is -0.473. The topological polar surface area (TPSA) is 84.7 Å². The molecule has 7 nitrogen and oxygen atoms in total. The average Bonchev–Trinajstić information content (AvgIpc) is 2.60. The zero-order valence-corrected chi connectivity index (χ0v) is 16.1. The molecule has 0 saturated carbocycles. The van der Waals surface area contributed by atoms with Gasteiger partial charge in [0.2, 0.25) is 0 Å². The fraction of sp³-hybridized carbons (Fsp3) is 0.350. The molecule has 0 fully saturated rings. The van der Waals surface area contributed by atoms with Gasteiger partial charge < -0.3 is 15.0 Å². The molecule has 0 unspecified atom stereocenters. The van der Waals surface area contributed by atoms with E-state index in [9.17, 15) is 14.9 Å². The van der Waals surface area contributed by atoms with E-state index in [-0.39, 0.29) is 23.2 Å². The number of carbonyl (C=O) groups excluding carboxylic acids is 1. The maximum Gasteiger partial charge on any atom is 0.293 e. The van der Waals surface area contributed by atoms with Crippen molar-refractivity contribution in [1.29, 1.82) is 0 Å². The molecule has 0 aromatic heterocycles. The fourth-order valence-electron chi connectivity index (χ4n) is 2.61. The molecule has 0 radical (unpaired) electrons. The van der Waals surface area contributed by atoms with Crippen LogP contribution in [0.4, 0.5) is 11.4 Å². The Balaban J connectivity index is 2.09. The molecule has 0 aliphatic heterocycles. The molecule has 144 valence electrons. The molecule has 2 aromatic rings. The number of nitro benzene ring substituents is 1. The molecule has 0 saturated heterocycles. The molecule has 27 heavy (non-hydrogen) atoms. The number of anilines is 1. The molecule has 0 spiro atoms. The minimum absolute atomic E-state index is 0.0438. The smallest absolute Gasteiger partial charge is 0.293 e. The first-order chi connectivity index (χ1) is 12.8. The van der Waals surface area contributed by atoms with Gasteiger partial charge in [-0.1, -0.05) is 12.1 Å². The number of benzene rings is 2. The average molecular weight is 371 g/mol. The number of amides is 1. The van der Waals surface area contributed by atoms with Crippen molar-refractivity contribution in [3.05, 3.63) is 63.7 Å². The summed E-state index contributed by atoms with van der Waals surface area (Å²) in [5, 5.41) is 14.2. The molecule has 0 bridgehead atoms. The van der Waals surface area contributed by atoms with Crippen molar-refractivity contribution in [3.63, 3.8) is 0 Å². The quantitative estimate of drug-likeness (QED) is 0.566. The summed E-state index contributed by atoms with van der Waals surface area (Å²) in [6, 6.07) is 12.2. The largest absolute Gasteiger partial charge is 0.492 e. The van der Waals surface area contributed by atoms with E-state index in [1.807, 2.05) is 45.0 Å². The lowest BCUT2D eigenvalue weighted by Crippen LogP contribution is -2.30. The van der Waals surface area contributed by atoms with Crippen LogP contribution in [-0.2, 0) is 0 Å². The Morgan fingerprint density at radius 2 is 2.00 bits per heavy atom. The van der Waals surface area contributed by atoms with Crippen molar-refractivity contribution in [2.45, 2.75) is 26.8 Å². The molecular weight excluding hydrogens is 346 g/mol. The van der Waals surface area contributed by atoms with Crippen molar-refractivity contribution in [3.8, 4) is 5.75 Å². The second-order valence-electron chi connectivity index (χ2n) is 6.68. The Bertz CT molecular complexity index is 821. The molecular formula is C20H25N3O4. The van der Waals surface area contributed by atoms with Crippen LogP contribution in [0, 0.1) is 17.0 Å². The molecule has 0 aliphatic rings. The summed E-state index contributed by atoms with van der Waals surface area (Å²) in [5.74, 6) is 0.434. The third-order valence-corrected chi connectivity index (χ3v) is 3.95. The number of nitro groups is 1. The van der Waals surface area contributed by atoms with E-state index in [0.29, 0.717) is 18.8 Å². The van der Waals surface area contributed by atoms with Gasteiger partial charge in [-0.15, -0.1) is 0 Å². The molecule has 2 aromatic carbocycles. The Hall–Kier alpha value is -3.09. The van der Waals surface area contributed by atoms with Gasteiger partial charge in [-0.2, -0.15) is 0 Å². The summed E-state index contributed by atoms with van der Waals surface area (Å²) in [4.78, 5) is 24.8. The number of ether oxygens (including phenoxy) is 1. The van der Waals surface area contributed by atoms with Crippen LogP contribution in [-0.4, -0.2) is 37.1 Å². The van der Waals surface area contributed by atoms with Crippen molar-refractivity contribution in [2.24, 2.45) is 0 Å². The number of aryl methyl sites for hydroxylation is 1. The van der Waals surface area contributed by atoms with Gasteiger partial charge >= 0.3 is 0 Å².